The van der Waals surface area contributed by atoms with E-state index in [4.69, 9.17) is 10.5 Å². The number of hydrogen-bond acceptors (Lipinski definition) is 4. The molecule has 3 rings (SSSR count). The molecule has 3 N–H and O–H groups in total. The highest BCUT2D eigenvalue weighted by Gasteiger charge is 2.29. The van der Waals surface area contributed by atoms with E-state index in [-0.39, 0.29) is 24.3 Å². The van der Waals surface area contributed by atoms with Gasteiger partial charge in [-0.25, -0.2) is 13.1 Å². The molecule has 0 amide bonds. The molecule has 0 fully saturated rings. The summed E-state index contributed by atoms with van der Waals surface area (Å²) >= 11 is 0. The molecule has 0 radical (unpaired) electrons. The molecule has 0 aliphatic carbocycles. The summed E-state index contributed by atoms with van der Waals surface area (Å²) in [5.74, 6) is 1.13. The number of nitrogens with one attached hydrogen (secondary N) is 1. The number of nitrogens with two attached hydrogens (primary N) is 1. The fourth-order valence-electron chi connectivity index (χ4n) is 3.33. The van der Waals surface area contributed by atoms with Gasteiger partial charge in [-0.05, 0) is 35.6 Å². The molecule has 1 aliphatic heterocycles. The topological polar surface area (TPSA) is 81.4 Å². The van der Waals surface area contributed by atoms with Crippen LogP contribution < -0.4 is 15.2 Å². The van der Waals surface area contributed by atoms with Crippen molar-refractivity contribution in [3.63, 3.8) is 0 Å². The van der Waals surface area contributed by atoms with Crippen LogP contribution in [0.5, 0.6) is 5.75 Å². The molecule has 6 heteroatoms. The third-order valence-electron chi connectivity index (χ3n) is 4.69. The Balaban J connectivity index is 1.81. The first-order chi connectivity index (χ1) is 12.5. The van der Waals surface area contributed by atoms with Crippen molar-refractivity contribution in [1.29, 1.82) is 0 Å². The van der Waals surface area contributed by atoms with Crippen LogP contribution in [-0.2, 0) is 23.0 Å². The van der Waals surface area contributed by atoms with E-state index in [9.17, 15) is 8.42 Å². The van der Waals surface area contributed by atoms with E-state index in [2.05, 4.69) is 16.9 Å². The second kappa shape index (κ2) is 8.20. The Morgan fingerprint density at radius 1 is 1.15 bits per heavy atom. The monoisotopic (exact) mass is 374 g/mol. The molecular formula is C20H26N2O3S. The second-order valence-electron chi connectivity index (χ2n) is 6.78. The van der Waals surface area contributed by atoms with E-state index in [0.29, 0.717) is 13.0 Å². The lowest BCUT2D eigenvalue weighted by atomic mass is 9.84. The standard InChI is InChI=1S/C20H26N2O3S/c1-2-10-26(23,24)22-13-16-8-9-20-18(12-16)17(19(21)14-25-20)11-15-6-4-3-5-7-15/h3-9,12,17,19,22H,2,10-11,13-14,21H2,1H3. The molecule has 1 aliphatic rings. The fourth-order valence-corrected chi connectivity index (χ4v) is 4.39. The van der Waals surface area contributed by atoms with Gasteiger partial charge in [-0.3, -0.25) is 0 Å². The van der Waals surface area contributed by atoms with Crippen LogP contribution in [0.2, 0.25) is 0 Å². The van der Waals surface area contributed by atoms with Gasteiger partial charge in [0.25, 0.3) is 0 Å². The number of benzene rings is 2. The predicted octanol–water partition coefficient (Wildman–Crippen LogP) is 2.56. The highest BCUT2D eigenvalue weighted by Crippen LogP contribution is 2.36. The predicted molar refractivity (Wildman–Crippen MR) is 104 cm³/mol. The summed E-state index contributed by atoms with van der Waals surface area (Å²) in [6.07, 6.45) is 1.44. The minimum Gasteiger partial charge on any atom is -0.492 e. The lowest BCUT2D eigenvalue weighted by molar-refractivity contribution is 0.238. The van der Waals surface area contributed by atoms with Crippen LogP contribution in [0.25, 0.3) is 0 Å². The molecule has 2 atom stereocenters. The molecule has 1 heterocycles. The zero-order valence-corrected chi connectivity index (χ0v) is 15.8. The quantitative estimate of drug-likeness (QED) is 0.780. The van der Waals surface area contributed by atoms with Crippen LogP contribution in [0, 0.1) is 0 Å². The summed E-state index contributed by atoms with van der Waals surface area (Å²) < 4.78 is 32.2. The molecule has 0 bridgehead atoms. The summed E-state index contributed by atoms with van der Waals surface area (Å²) in [5, 5.41) is 0. The van der Waals surface area contributed by atoms with Crippen molar-refractivity contribution in [3.8, 4) is 5.75 Å². The third-order valence-corrected chi connectivity index (χ3v) is 6.22. The Morgan fingerprint density at radius 3 is 2.65 bits per heavy atom. The number of sulfonamides is 1. The third kappa shape index (κ3) is 4.63. The average molecular weight is 375 g/mol. The summed E-state index contributed by atoms with van der Waals surface area (Å²) in [6.45, 7) is 2.63. The molecule has 5 nitrogen and oxygen atoms in total. The Hall–Kier alpha value is -1.89. The van der Waals surface area contributed by atoms with Crippen LogP contribution in [-0.4, -0.2) is 26.8 Å². The van der Waals surface area contributed by atoms with E-state index >= 15 is 0 Å². The zero-order chi connectivity index (χ0) is 18.6. The van der Waals surface area contributed by atoms with Gasteiger partial charge in [-0.1, -0.05) is 49.4 Å². The van der Waals surface area contributed by atoms with Crippen LogP contribution in [0.4, 0.5) is 0 Å². The van der Waals surface area contributed by atoms with E-state index in [1.807, 2.05) is 43.3 Å². The molecular weight excluding hydrogens is 348 g/mol. The minimum atomic E-state index is -3.23. The normalized spacial score (nSPS) is 19.6. The SMILES string of the molecule is CCCS(=O)(=O)NCc1ccc2c(c1)C(Cc1ccccc1)C(N)CO2. The van der Waals surface area contributed by atoms with Crippen molar-refractivity contribution in [2.75, 3.05) is 12.4 Å². The van der Waals surface area contributed by atoms with Gasteiger partial charge in [0.05, 0.1) is 5.75 Å². The molecule has 140 valence electrons. The van der Waals surface area contributed by atoms with Gasteiger partial charge in [0.15, 0.2) is 0 Å². The summed E-state index contributed by atoms with van der Waals surface area (Å²) in [6, 6.07) is 16.0. The fraction of sp³-hybridized carbons (Fsp3) is 0.400. The van der Waals surface area contributed by atoms with Gasteiger partial charge in [-0.2, -0.15) is 0 Å². The zero-order valence-electron chi connectivity index (χ0n) is 15.0. The Kier molecular flexibility index (Phi) is 5.96. The van der Waals surface area contributed by atoms with E-state index in [1.165, 1.54) is 5.56 Å². The summed E-state index contributed by atoms with van der Waals surface area (Å²) in [5.41, 5.74) is 9.54. The maximum absolute atomic E-state index is 11.9. The molecule has 2 aromatic rings. The van der Waals surface area contributed by atoms with Gasteiger partial charge in [0, 0.05) is 18.5 Å². The number of hydrogen-bond donors (Lipinski definition) is 2. The lowest BCUT2D eigenvalue weighted by Crippen LogP contribution is -2.39. The van der Waals surface area contributed by atoms with Crippen molar-refractivity contribution in [1.82, 2.24) is 4.72 Å². The van der Waals surface area contributed by atoms with Gasteiger partial charge in [0.1, 0.15) is 12.4 Å². The van der Waals surface area contributed by atoms with E-state index in [0.717, 1.165) is 23.3 Å². The second-order valence-corrected chi connectivity index (χ2v) is 8.71. The smallest absolute Gasteiger partial charge is 0.211 e. The Bertz CT molecular complexity index is 837. The van der Waals surface area contributed by atoms with Gasteiger partial charge >= 0.3 is 0 Å². The highest BCUT2D eigenvalue weighted by molar-refractivity contribution is 7.89. The van der Waals surface area contributed by atoms with Crippen molar-refractivity contribution in [3.05, 3.63) is 65.2 Å². The van der Waals surface area contributed by atoms with Crippen LogP contribution >= 0.6 is 0 Å². The van der Waals surface area contributed by atoms with Crippen LogP contribution in [0.3, 0.4) is 0 Å². The van der Waals surface area contributed by atoms with E-state index in [1.54, 1.807) is 0 Å². The first kappa shape index (κ1) is 18.9. The molecule has 2 aromatic carbocycles. The number of ether oxygens (including phenoxy) is 1. The molecule has 0 saturated heterocycles. The largest absolute Gasteiger partial charge is 0.492 e. The van der Waals surface area contributed by atoms with Crippen LogP contribution in [0.1, 0.15) is 36.0 Å². The molecule has 0 aromatic heterocycles. The van der Waals surface area contributed by atoms with Crippen molar-refractivity contribution in [2.45, 2.75) is 38.3 Å². The lowest BCUT2D eigenvalue weighted by Gasteiger charge is -2.32. The summed E-state index contributed by atoms with van der Waals surface area (Å²) in [7, 11) is -3.23. The van der Waals surface area contributed by atoms with Crippen molar-refractivity contribution in [2.24, 2.45) is 5.73 Å². The summed E-state index contributed by atoms with van der Waals surface area (Å²) in [4.78, 5) is 0. The van der Waals surface area contributed by atoms with Gasteiger partial charge < -0.3 is 10.5 Å². The molecule has 2 unspecified atom stereocenters. The van der Waals surface area contributed by atoms with E-state index < -0.39 is 10.0 Å². The maximum atomic E-state index is 11.9. The first-order valence-electron chi connectivity index (χ1n) is 9.01. The number of fused-ring (bicyclic) bond motifs is 1. The molecule has 0 spiro atoms. The van der Waals surface area contributed by atoms with Crippen molar-refractivity contribution < 1.29 is 13.2 Å². The number of rotatable bonds is 7. The van der Waals surface area contributed by atoms with Gasteiger partial charge in [-0.15, -0.1) is 0 Å². The van der Waals surface area contributed by atoms with Crippen LogP contribution in [0.15, 0.2) is 48.5 Å². The minimum absolute atomic E-state index is 0.0882. The Labute approximate surface area is 155 Å². The van der Waals surface area contributed by atoms with Crippen molar-refractivity contribution >= 4 is 10.0 Å². The Morgan fingerprint density at radius 2 is 1.92 bits per heavy atom. The average Bonchev–Trinajstić information content (AvgIpc) is 2.63. The maximum Gasteiger partial charge on any atom is 0.211 e. The molecule has 0 saturated carbocycles. The molecule has 26 heavy (non-hydrogen) atoms. The highest BCUT2D eigenvalue weighted by atomic mass is 32.2. The van der Waals surface area contributed by atoms with Gasteiger partial charge in [0.2, 0.25) is 10.0 Å². The first-order valence-corrected chi connectivity index (χ1v) is 10.7.